The molecule has 0 spiro atoms. The number of nitriles is 1. The fourth-order valence-corrected chi connectivity index (χ4v) is 7.13. The summed E-state index contributed by atoms with van der Waals surface area (Å²) < 4.78 is 4.56. The van der Waals surface area contributed by atoms with Crippen molar-refractivity contribution in [3.05, 3.63) is 0 Å². The van der Waals surface area contributed by atoms with Crippen molar-refractivity contribution in [2.45, 2.75) is 112 Å². The predicted molar refractivity (Wildman–Crippen MR) is 127 cm³/mol. The highest BCUT2D eigenvalue weighted by atomic mass is 16.5. The maximum absolute atomic E-state index is 11.9. The highest BCUT2D eigenvalue weighted by molar-refractivity contribution is 5.70. The first-order chi connectivity index (χ1) is 14.9. The Kier molecular flexibility index (Phi) is 13.3. The highest BCUT2D eigenvalue weighted by Crippen LogP contribution is 2.65. The van der Waals surface area contributed by atoms with Crippen molar-refractivity contribution >= 4 is 12.8 Å². The summed E-state index contributed by atoms with van der Waals surface area (Å²) in [6.07, 6.45) is 11.5. The van der Waals surface area contributed by atoms with E-state index in [9.17, 15) is 4.79 Å². The first kappa shape index (κ1) is 29.6. The molecule has 31 heavy (non-hydrogen) atoms. The Balaban J connectivity index is 0.00000138. The molecule has 0 saturated heterocycles. The lowest BCUT2D eigenvalue weighted by Crippen LogP contribution is -2.56. The fourth-order valence-electron chi connectivity index (χ4n) is 7.13. The van der Waals surface area contributed by atoms with Gasteiger partial charge in [-0.15, -0.1) is 5.26 Å². The Morgan fingerprint density at radius 3 is 2.23 bits per heavy atom. The van der Waals surface area contributed by atoms with Crippen molar-refractivity contribution in [3.63, 3.8) is 0 Å². The minimum Gasteiger partial charge on any atom is -0.351 e. The average Bonchev–Trinajstić information content (AvgIpc) is 3.12. The first-order valence-corrected chi connectivity index (χ1v) is 12.5. The monoisotopic (exact) mass is 436 g/mol. The number of hydrogen-bond acceptors (Lipinski definition) is 5. The van der Waals surface area contributed by atoms with Crippen molar-refractivity contribution in [2.75, 3.05) is 0 Å². The molecule has 7 unspecified atom stereocenters. The number of nitrogens with two attached hydrogens (primary N) is 1. The molecule has 0 bridgehead atoms. The van der Waals surface area contributed by atoms with Gasteiger partial charge in [0.1, 0.15) is 6.79 Å². The van der Waals surface area contributed by atoms with E-state index in [-0.39, 0.29) is 16.8 Å². The summed E-state index contributed by atoms with van der Waals surface area (Å²) in [6, 6.07) is 0.334. The third-order valence-electron chi connectivity index (χ3n) is 8.50. The first-order valence-electron chi connectivity index (χ1n) is 12.5. The molecular formula is C26H48N2O3. The van der Waals surface area contributed by atoms with Gasteiger partial charge in [-0.3, -0.25) is 4.79 Å². The molecule has 3 aliphatic carbocycles. The quantitative estimate of drug-likeness (QED) is 0.415. The molecule has 180 valence electrons. The van der Waals surface area contributed by atoms with Gasteiger partial charge in [0.25, 0.3) is 6.26 Å². The molecule has 7 atom stereocenters. The van der Waals surface area contributed by atoms with Crippen LogP contribution in [0, 0.1) is 46.0 Å². The number of nitrogens with zero attached hydrogens (tertiary/aromatic N) is 1. The van der Waals surface area contributed by atoms with Gasteiger partial charge in [0.2, 0.25) is 0 Å². The molecule has 0 aromatic carbocycles. The molecule has 0 amide bonds. The number of fused-ring (bicyclic) bond motifs is 3. The van der Waals surface area contributed by atoms with Gasteiger partial charge >= 0.3 is 5.97 Å². The minimum atomic E-state index is -0.349. The van der Waals surface area contributed by atoms with Gasteiger partial charge in [0, 0.05) is 6.04 Å². The summed E-state index contributed by atoms with van der Waals surface area (Å²) in [6.45, 7) is 17.1. The lowest BCUT2D eigenvalue weighted by atomic mass is 9.47. The SMILES string of the molecule is C=O.CC.CC.CCCC1(C)C(N)CCC2C1CCC1(C)C(CC(=O)OC#N)CCC21. The molecule has 0 heterocycles. The van der Waals surface area contributed by atoms with E-state index in [4.69, 9.17) is 15.8 Å². The molecule has 3 aliphatic rings. The lowest BCUT2D eigenvalue weighted by molar-refractivity contribution is -0.140. The molecule has 3 rings (SSSR count). The van der Waals surface area contributed by atoms with E-state index in [2.05, 4.69) is 25.5 Å². The zero-order chi connectivity index (χ0) is 24.2. The molecular weight excluding hydrogens is 388 g/mol. The Bertz CT molecular complexity index is 575. The summed E-state index contributed by atoms with van der Waals surface area (Å²) in [5, 5.41) is 8.59. The van der Waals surface area contributed by atoms with Gasteiger partial charge in [-0.2, -0.15) is 0 Å². The van der Waals surface area contributed by atoms with Crippen molar-refractivity contribution < 1.29 is 14.3 Å². The van der Waals surface area contributed by atoms with Crippen LogP contribution in [0.3, 0.4) is 0 Å². The zero-order valence-electron chi connectivity index (χ0n) is 21.2. The number of ether oxygens (including phenoxy) is 1. The largest absolute Gasteiger partial charge is 0.351 e. The molecule has 0 radical (unpaired) electrons. The Hall–Kier alpha value is -1.41. The maximum Gasteiger partial charge on any atom is 0.321 e. The maximum atomic E-state index is 11.9. The molecule has 3 saturated carbocycles. The molecule has 5 heteroatoms. The Morgan fingerprint density at radius 1 is 1.06 bits per heavy atom. The van der Waals surface area contributed by atoms with E-state index < -0.39 is 0 Å². The van der Waals surface area contributed by atoms with Crippen LogP contribution in [0.2, 0.25) is 0 Å². The minimum absolute atomic E-state index is 0.226. The van der Waals surface area contributed by atoms with Crippen LogP contribution >= 0.6 is 0 Å². The normalized spacial score (nSPS) is 37.6. The molecule has 2 N–H and O–H groups in total. The average molecular weight is 437 g/mol. The van der Waals surface area contributed by atoms with Gasteiger partial charge < -0.3 is 15.3 Å². The Morgan fingerprint density at radius 2 is 1.68 bits per heavy atom. The third kappa shape index (κ3) is 6.09. The lowest BCUT2D eigenvalue weighted by Gasteiger charge is -2.58. The van der Waals surface area contributed by atoms with Crippen molar-refractivity contribution in [1.82, 2.24) is 0 Å². The molecule has 0 aromatic heterocycles. The standard InChI is InChI=1S/C21H34N2O2.2C2H6.CH2O/c1-4-10-21(3)17-9-11-20(2)14(12-19(24)25-13-22)5-7-16(20)15(17)6-8-18(21)23;3*1-2/h14-18H,4-12,23H2,1-3H3;2*1-2H3;1H2. The van der Waals surface area contributed by atoms with Crippen LogP contribution in [0.4, 0.5) is 0 Å². The van der Waals surface area contributed by atoms with Crippen molar-refractivity contribution in [1.29, 1.82) is 5.26 Å². The summed E-state index contributed by atoms with van der Waals surface area (Å²) >= 11 is 0. The highest BCUT2D eigenvalue weighted by Gasteiger charge is 2.58. The van der Waals surface area contributed by atoms with Crippen LogP contribution < -0.4 is 5.73 Å². The van der Waals surface area contributed by atoms with E-state index >= 15 is 0 Å². The van der Waals surface area contributed by atoms with Gasteiger partial charge in [0.05, 0.1) is 6.42 Å². The van der Waals surface area contributed by atoms with E-state index in [1.807, 2.05) is 34.5 Å². The predicted octanol–water partition coefficient (Wildman–Crippen LogP) is 6.25. The number of hydrogen-bond donors (Lipinski definition) is 1. The summed E-state index contributed by atoms with van der Waals surface area (Å²) in [7, 11) is 0. The molecule has 0 aromatic rings. The van der Waals surface area contributed by atoms with E-state index in [0.717, 1.165) is 24.7 Å². The topological polar surface area (TPSA) is 93.2 Å². The number of carbonyl (C=O) groups excluding carboxylic acids is 2. The smallest absolute Gasteiger partial charge is 0.321 e. The second-order valence-corrected chi connectivity index (χ2v) is 9.40. The van der Waals surface area contributed by atoms with E-state index in [1.54, 1.807) is 0 Å². The van der Waals surface area contributed by atoms with Crippen LogP contribution in [-0.2, 0) is 14.3 Å². The van der Waals surface area contributed by atoms with Gasteiger partial charge in [-0.05, 0) is 79.4 Å². The van der Waals surface area contributed by atoms with Crippen LogP contribution in [0.5, 0.6) is 0 Å². The number of carbonyl (C=O) groups is 2. The van der Waals surface area contributed by atoms with Crippen LogP contribution in [0.1, 0.15) is 106 Å². The van der Waals surface area contributed by atoms with Crippen LogP contribution in [-0.4, -0.2) is 18.8 Å². The number of esters is 1. The summed E-state index contributed by atoms with van der Waals surface area (Å²) in [5.74, 6) is 2.21. The van der Waals surface area contributed by atoms with Crippen molar-refractivity contribution in [3.8, 4) is 6.26 Å². The van der Waals surface area contributed by atoms with Gasteiger partial charge in [0.15, 0.2) is 0 Å². The van der Waals surface area contributed by atoms with Crippen LogP contribution in [0.25, 0.3) is 0 Å². The van der Waals surface area contributed by atoms with Gasteiger partial charge in [-0.1, -0.05) is 54.9 Å². The van der Waals surface area contributed by atoms with E-state index in [1.165, 1.54) is 44.8 Å². The zero-order valence-corrected chi connectivity index (χ0v) is 21.2. The summed E-state index contributed by atoms with van der Waals surface area (Å²) in [4.78, 5) is 19.9. The third-order valence-corrected chi connectivity index (χ3v) is 8.50. The summed E-state index contributed by atoms with van der Waals surface area (Å²) in [5.41, 5.74) is 7.11. The van der Waals surface area contributed by atoms with Crippen LogP contribution in [0.15, 0.2) is 0 Å². The molecule has 3 fully saturated rings. The second-order valence-electron chi connectivity index (χ2n) is 9.40. The fraction of sp³-hybridized carbons (Fsp3) is 0.885. The van der Waals surface area contributed by atoms with Gasteiger partial charge in [-0.25, -0.2) is 0 Å². The van der Waals surface area contributed by atoms with E-state index in [0.29, 0.717) is 24.3 Å². The molecule has 0 aliphatic heterocycles. The molecule has 5 nitrogen and oxygen atoms in total. The van der Waals surface area contributed by atoms with Crippen molar-refractivity contribution in [2.24, 2.45) is 40.2 Å². The Labute approximate surface area is 191 Å². The second kappa shape index (κ2) is 13.9. The number of rotatable bonds is 4.